The fraction of sp³-hybridized carbons (Fsp3) is 0.692. The lowest BCUT2D eigenvalue weighted by Crippen LogP contribution is -2.43. The molecule has 20 heavy (non-hydrogen) atoms. The average molecular weight is 296 g/mol. The standard InChI is InChI=1S/C13H20N4O2S/c1-10(2)16-5-3-12(4-6-16)20(18,19)17-9-11-7-14-8-13(11)15-17/h7,9-10,12H,3-6,8H2,1-2H3. The third-order valence-electron chi connectivity index (χ3n) is 4.16. The fourth-order valence-electron chi connectivity index (χ4n) is 2.83. The normalized spacial score (nSPS) is 20.8. The Balaban J connectivity index is 1.77. The van der Waals surface area contributed by atoms with Gasteiger partial charge in [0.15, 0.2) is 0 Å². The Hall–Kier alpha value is -1.21. The zero-order valence-corrected chi connectivity index (χ0v) is 12.7. The maximum Gasteiger partial charge on any atom is 0.256 e. The van der Waals surface area contributed by atoms with E-state index in [1.807, 2.05) is 0 Å². The van der Waals surface area contributed by atoms with E-state index >= 15 is 0 Å². The minimum absolute atomic E-state index is 0.325. The van der Waals surface area contributed by atoms with Gasteiger partial charge in [-0.2, -0.15) is 9.19 Å². The predicted octanol–water partition coefficient (Wildman–Crippen LogP) is 0.866. The Morgan fingerprint density at radius 2 is 2.00 bits per heavy atom. The van der Waals surface area contributed by atoms with Crippen molar-refractivity contribution in [1.82, 2.24) is 14.1 Å². The zero-order chi connectivity index (χ0) is 14.3. The number of hydrogen-bond acceptors (Lipinski definition) is 5. The first-order chi connectivity index (χ1) is 9.48. The molecule has 0 atom stereocenters. The molecule has 3 heterocycles. The van der Waals surface area contributed by atoms with Crippen LogP contribution in [-0.4, -0.2) is 53.1 Å². The number of likely N-dealkylation sites (tertiary alicyclic amines) is 1. The van der Waals surface area contributed by atoms with Crippen LogP contribution in [0.25, 0.3) is 0 Å². The highest BCUT2D eigenvalue weighted by atomic mass is 32.2. The van der Waals surface area contributed by atoms with Crippen molar-refractivity contribution in [3.05, 3.63) is 17.5 Å². The van der Waals surface area contributed by atoms with E-state index in [0.717, 1.165) is 24.3 Å². The van der Waals surface area contributed by atoms with Gasteiger partial charge in [0.05, 0.1) is 23.7 Å². The van der Waals surface area contributed by atoms with Crippen molar-refractivity contribution in [2.24, 2.45) is 4.99 Å². The average Bonchev–Trinajstić information content (AvgIpc) is 2.99. The number of piperidine rings is 1. The van der Waals surface area contributed by atoms with Gasteiger partial charge in [0.2, 0.25) is 0 Å². The second kappa shape index (κ2) is 4.96. The van der Waals surface area contributed by atoms with Crippen LogP contribution in [0.2, 0.25) is 0 Å². The summed E-state index contributed by atoms with van der Waals surface area (Å²) < 4.78 is 26.4. The molecule has 0 saturated carbocycles. The summed E-state index contributed by atoms with van der Waals surface area (Å²) in [6, 6.07) is 0.475. The van der Waals surface area contributed by atoms with Gasteiger partial charge in [-0.25, -0.2) is 8.42 Å². The van der Waals surface area contributed by atoms with Crippen molar-refractivity contribution in [3.8, 4) is 0 Å². The molecule has 1 saturated heterocycles. The summed E-state index contributed by atoms with van der Waals surface area (Å²) in [6.45, 7) is 6.45. The highest BCUT2D eigenvalue weighted by Crippen LogP contribution is 2.22. The van der Waals surface area contributed by atoms with Crippen LogP contribution in [-0.2, 0) is 16.6 Å². The van der Waals surface area contributed by atoms with Gasteiger partial charge in [-0.3, -0.25) is 4.99 Å². The van der Waals surface area contributed by atoms with Crippen molar-refractivity contribution < 1.29 is 8.42 Å². The highest BCUT2D eigenvalue weighted by Gasteiger charge is 2.33. The number of rotatable bonds is 3. The lowest BCUT2D eigenvalue weighted by molar-refractivity contribution is 0.185. The van der Waals surface area contributed by atoms with Gasteiger partial charge in [0, 0.05) is 17.8 Å². The van der Waals surface area contributed by atoms with Gasteiger partial charge in [-0.05, 0) is 39.8 Å². The lowest BCUT2D eigenvalue weighted by atomic mass is 10.1. The Morgan fingerprint density at radius 1 is 1.30 bits per heavy atom. The summed E-state index contributed by atoms with van der Waals surface area (Å²) in [5.41, 5.74) is 1.58. The molecular formula is C13H20N4O2S. The molecule has 3 rings (SSSR count). The third kappa shape index (κ3) is 2.29. The van der Waals surface area contributed by atoms with Gasteiger partial charge in [-0.15, -0.1) is 0 Å². The van der Waals surface area contributed by atoms with Crippen molar-refractivity contribution in [1.29, 1.82) is 0 Å². The number of hydrogen-bond donors (Lipinski definition) is 0. The summed E-state index contributed by atoms with van der Waals surface area (Å²) in [5.74, 6) is 0. The van der Waals surface area contributed by atoms with Crippen molar-refractivity contribution in [2.45, 2.75) is 44.5 Å². The smallest absolute Gasteiger partial charge is 0.256 e. The van der Waals surface area contributed by atoms with Crippen molar-refractivity contribution >= 4 is 16.2 Å². The summed E-state index contributed by atoms with van der Waals surface area (Å²) in [5, 5.41) is 3.86. The molecule has 2 aliphatic rings. The molecule has 0 spiro atoms. The molecule has 7 heteroatoms. The van der Waals surface area contributed by atoms with E-state index in [1.54, 1.807) is 12.4 Å². The first kappa shape index (κ1) is 13.8. The minimum atomic E-state index is -3.37. The Morgan fingerprint density at radius 3 is 2.60 bits per heavy atom. The molecule has 1 aromatic heterocycles. The van der Waals surface area contributed by atoms with E-state index in [9.17, 15) is 8.42 Å². The molecule has 0 bridgehead atoms. The van der Waals surface area contributed by atoms with Gasteiger partial charge in [0.1, 0.15) is 0 Å². The Kier molecular flexibility index (Phi) is 3.41. The number of aromatic nitrogens is 2. The van der Waals surface area contributed by atoms with Gasteiger partial charge >= 0.3 is 0 Å². The van der Waals surface area contributed by atoms with Crippen LogP contribution < -0.4 is 0 Å². The van der Waals surface area contributed by atoms with E-state index in [1.165, 1.54) is 4.09 Å². The largest absolute Gasteiger partial charge is 0.301 e. The molecule has 2 aliphatic heterocycles. The van der Waals surface area contributed by atoms with E-state index in [-0.39, 0.29) is 5.25 Å². The van der Waals surface area contributed by atoms with Crippen LogP contribution in [0.1, 0.15) is 37.9 Å². The summed E-state index contributed by atoms with van der Waals surface area (Å²) >= 11 is 0. The predicted molar refractivity (Wildman–Crippen MR) is 77.6 cm³/mol. The Labute approximate surface area is 119 Å². The molecule has 0 aromatic carbocycles. The molecule has 0 N–H and O–H groups in total. The van der Waals surface area contributed by atoms with Crippen molar-refractivity contribution in [2.75, 3.05) is 13.1 Å². The SMILES string of the molecule is CC(C)N1CCC(S(=O)(=O)n2cc3c(n2)CN=C3)CC1. The van der Waals surface area contributed by atoms with Crippen molar-refractivity contribution in [3.63, 3.8) is 0 Å². The monoisotopic (exact) mass is 296 g/mol. The molecule has 110 valence electrons. The van der Waals surface area contributed by atoms with Gasteiger partial charge < -0.3 is 4.90 Å². The summed E-state index contributed by atoms with van der Waals surface area (Å²) in [4.78, 5) is 6.40. The fourth-order valence-corrected chi connectivity index (χ4v) is 4.42. The quantitative estimate of drug-likeness (QED) is 0.830. The maximum atomic E-state index is 12.6. The minimum Gasteiger partial charge on any atom is -0.301 e. The molecule has 1 aromatic rings. The highest BCUT2D eigenvalue weighted by molar-refractivity contribution is 7.90. The number of nitrogens with zero attached hydrogens (tertiary/aromatic N) is 4. The van der Waals surface area contributed by atoms with Gasteiger partial charge in [0.25, 0.3) is 10.0 Å². The van der Waals surface area contributed by atoms with E-state index in [2.05, 4.69) is 28.8 Å². The van der Waals surface area contributed by atoms with Crippen LogP contribution in [0.4, 0.5) is 0 Å². The zero-order valence-electron chi connectivity index (χ0n) is 11.9. The maximum absolute atomic E-state index is 12.6. The topological polar surface area (TPSA) is 67.6 Å². The summed E-state index contributed by atoms with van der Waals surface area (Å²) in [7, 11) is -3.37. The van der Waals surface area contributed by atoms with Crippen LogP contribution in [0, 0.1) is 0 Å². The Bertz CT molecular complexity index is 625. The van der Waals surface area contributed by atoms with Crippen LogP contribution in [0.5, 0.6) is 0 Å². The molecule has 1 fully saturated rings. The number of fused-ring (bicyclic) bond motifs is 1. The lowest BCUT2D eigenvalue weighted by Gasteiger charge is -2.34. The van der Waals surface area contributed by atoms with Crippen LogP contribution in [0.15, 0.2) is 11.2 Å². The second-order valence-electron chi connectivity index (χ2n) is 5.75. The molecule has 0 amide bonds. The molecule has 6 nitrogen and oxygen atoms in total. The molecule has 0 unspecified atom stereocenters. The third-order valence-corrected chi connectivity index (χ3v) is 6.18. The first-order valence-electron chi connectivity index (χ1n) is 7.05. The summed E-state index contributed by atoms with van der Waals surface area (Å²) in [6.07, 6.45) is 4.64. The molecule has 0 aliphatic carbocycles. The molecular weight excluding hydrogens is 276 g/mol. The second-order valence-corrected chi connectivity index (χ2v) is 7.82. The molecule has 0 radical (unpaired) electrons. The van der Waals surface area contributed by atoms with Gasteiger partial charge in [-0.1, -0.05) is 0 Å². The van der Waals surface area contributed by atoms with Crippen LogP contribution >= 0.6 is 0 Å². The first-order valence-corrected chi connectivity index (χ1v) is 8.55. The number of aliphatic imine (C=N–C) groups is 1. The van der Waals surface area contributed by atoms with Crippen LogP contribution in [0.3, 0.4) is 0 Å². The van der Waals surface area contributed by atoms with E-state index in [0.29, 0.717) is 25.4 Å². The van der Waals surface area contributed by atoms with E-state index < -0.39 is 10.0 Å². The van der Waals surface area contributed by atoms with E-state index in [4.69, 9.17) is 0 Å².